The summed E-state index contributed by atoms with van der Waals surface area (Å²) in [5, 5.41) is 22.7. The molecule has 0 spiro atoms. The smallest absolute Gasteiger partial charge is 0.336 e. The van der Waals surface area contributed by atoms with Gasteiger partial charge in [-0.1, -0.05) is 12.1 Å². The highest BCUT2D eigenvalue weighted by molar-refractivity contribution is 6.06. The molecule has 0 saturated heterocycles. The molecule has 94 valence electrons. The summed E-state index contributed by atoms with van der Waals surface area (Å²) in [7, 11) is 0. The average Bonchev–Trinajstić information content (AvgIpc) is 2.35. The highest BCUT2D eigenvalue weighted by atomic mass is 16.4. The average molecular weight is 246 g/mol. The van der Waals surface area contributed by atoms with Gasteiger partial charge in [0.15, 0.2) is 0 Å². The Morgan fingerprint density at radius 2 is 2.17 bits per heavy atom. The first-order chi connectivity index (χ1) is 8.59. The number of nitrogens with one attached hydrogen (secondary N) is 1. The van der Waals surface area contributed by atoms with Crippen LogP contribution in [-0.2, 0) is 0 Å². The molecule has 0 fully saturated rings. The molecule has 1 aromatic carbocycles. The number of carboxylic acids is 1. The maximum Gasteiger partial charge on any atom is 0.336 e. The van der Waals surface area contributed by atoms with Gasteiger partial charge in [0.2, 0.25) is 0 Å². The van der Waals surface area contributed by atoms with Crippen molar-refractivity contribution >= 4 is 22.6 Å². The number of carbonyl (C=O) groups is 1. The monoisotopic (exact) mass is 246 g/mol. The summed E-state index contributed by atoms with van der Waals surface area (Å²) in [4.78, 5) is 15.3. The fourth-order valence-corrected chi connectivity index (χ4v) is 1.78. The molecular weight excluding hydrogens is 232 g/mol. The van der Waals surface area contributed by atoms with Gasteiger partial charge < -0.3 is 15.5 Å². The Labute approximate surface area is 104 Å². The van der Waals surface area contributed by atoms with Crippen LogP contribution in [0.4, 0.5) is 5.82 Å². The first-order valence-corrected chi connectivity index (χ1v) is 5.62. The quantitative estimate of drug-likeness (QED) is 0.765. The molecule has 0 saturated carbocycles. The molecule has 3 N–H and O–H groups in total. The molecule has 5 nitrogen and oxygen atoms in total. The van der Waals surface area contributed by atoms with Crippen LogP contribution in [-0.4, -0.2) is 33.8 Å². The van der Waals surface area contributed by atoms with Gasteiger partial charge in [0, 0.05) is 23.5 Å². The number of aliphatic hydroxyl groups excluding tert-OH is 1. The lowest BCUT2D eigenvalue weighted by molar-refractivity contribution is 0.0699. The van der Waals surface area contributed by atoms with E-state index in [4.69, 9.17) is 5.11 Å². The normalized spacial score (nSPS) is 12.3. The summed E-state index contributed by atoms with van der Waals surface area (Å²) in [5.41, 5.74) is 0.245. The van der Waals surface area contributed by atoms with E-state index in [0.29, 0.717) is 17.7 Å². The largest absolute Gasteiger partial charge is 0.478 e. The van der Waals surface area contributed by atoms with E-state index in [1.807, 2.05) is 0 Å². The molecule has 18 heavy (non-hydrogen) atoms. The lowest BCUT2D eigenvalue weighted by atomic mass is 10.1. The number of hydrogen-bond donors (Lipinski definition) is 3. The van der Waals surface area contributed by atoms with Crippen LogP contribution in [0.15, 0.2) is 30.5 Å². The minimum absolute atomic E-state index is 0.245. The first kappa shape index (κ1) is 12.3. The fraction of sp³-hybridized carbons (Fsp3) is 0.231. The first-order valence-electron chi connectivity index (χ1n) is 5.62. The topological polar surface area (TPSA) is 82.5 Å². The van der Waals surface area contributed by atoms with Gasteiger partial charge in [-0.15, -0.1) is 0 Å². The number of fused-ring (bicyclic) bond motifs is 1. The second kappa shape index (κ2) is 5.01. The molecule has 0 aliphatic rings. The minimum Gasteiger partial charge on any atom is -0.478 e. The van der Waals surface area contributed by atoms with Crippen LogP contribution in [0.1, 0.15) is 17.3 Å². The van der Waals surface area contributed by atoms with Gasteiger partial charge in [-0.05, 0) is 19.1 Å². The molecule has 0 amide bonds. The Morgan fingerprint density at radius 3 is 2.83 bits per heavy atom. The summed E-state index contributed by atoms with van der Waals surface area (Å²) in [5.74, 6) is -0.384. The second-order valence-corrected chi connectivity index (χ2v) is 4.10. The van der Waals surface area contributed by atoms with Crippen molar-refractivity contribution in [3.63, 3.8) is 0 Å². The van der Waals surface area contributed by atoms with Crippen LogP contribution in [0.25, 0.3) is 10.8 Å². The van der Waals surface area contributed by atoms with Crippen molar-refractivity contribution < 1.29 is 15.0 Å². The number of nitrogens with zero attached hydrogens (tertiary/aromatic N) is 1. The Bertz CT molecular complexity index is 581. The van der Waals surface area contributed by atoms with E-state index in [2.05, 4.69) is 10.3 Å². The number of carboxylic acid groups (broad SMARTS) is 1. The number of hydrogen-bond acceptors (Lipinski definition) is 4. The maximum atomic E-state index is 11.1. The number of rotatable bonds is 4. The number of pyridine rings is 1. The van der Waals surface area contributed by atoms with Gasteiger partial charge in [0.05, 0.1) is 11.7 Å². The summed E-state index contributed by atoms with van der Waals surface area (Å²) in [6, 6.07) is 6.72. The second-order valence-electron chi connectivity index (χ2n) is 4.10. The summed E-state index contributed by atoms with van der Waals surface area (Å²) < 4.78 is 0. The number of aromatic carboxylic acids is 1. The third-order valence-electron chi connectivity index (χ3n) is 2.60. The van der Waals surface area contributed by atoms with E-state index < -0.39 is 12.1 Å². The van der Waals surface area contributed by atoms with E-state index in [1.165, 1.54) is 0 Å². The minimum atomic E-state index is -0.965. The lowest BCUT2D eigenvalue weighted by Gasteiger charge is -2.11. The molecule has 0 aliphatic carbocycles. The van der Waals surface area contributed by atoms with Crippen LogP contribution in [0.3, 0.4) is 0 Å². The summed E-state index contributed by atoms with van der Waals surface area (Å²) in [6.07, 6.45) is 1.06. The van der Waals surface area contributed by atoms with Crippen molar-refractivity contribution in [3.8, 4) is 0 Å². The molecule has 1 unspecified atom stereocenters. The number of benzene rings is 1. The summed E-state index contributed by atoms with van der Waals surface area (Å²) in [6.45, 7) is 2.03. The zero-order valence-electron chi connectivity index (χ0n) is 9.92. The fourth-order valence-electron chi connectivity index (χ4n) is 1.78. The van der Waals surface area contributed by atoms with Crippen LogP contribution in [0, 0.1) is 0 Å². The van der Waals surface area contributed by atoms with Crippen LogP contribution >= 0.6 is 0 Å². The standard InChI is InChI=1S/C13H14N2O3/c1-8(16)7-15-12-10-3-2-4-11(13(17)18)9(10)5-6-14-12/h2-6,8,16H,7H2,1H3,(H,14,15)(H,17,18). The molecular formula is C13H14N2O3. The molecule has 1 heterocycles. The van der Waals surface area contributed by atoms with E-state index in [1.54, 1.807) is 37.4 Å². The molecule has 2 rings (SSSR count). The number of anilines is 1. The van der Waals surface area contributed by atoms with Gasteiger partial charge in [-0.3, -0.25) is 0 Å². The third-order valence-corrected chi connectivity index (χ3v) is 2.60. The Hall–Kier alpha value is -2.14. The summed E-state index contributed by atoms with van der Waals surface area (Å²) >= 11 is 0. The Morgan fingerprint density at radius 1 is 1.39 bits per heavy atom. The molecule has 0 radical (unpaired) electrons. The molecule has 0 aliphatic heterocycles. The molecule has 0 bridgehead atoms. The van der Waals surface area contributed by atoms with Gasteiger partial charge >= 0.3 is 5.97 Å². The zero-order chi connectivity index (χ0) is 13.1. The SMILES string of the molecule is CC(O)CNc1nccc2c(C(=O)O)cccc12. The van der Waals surface area contributed by atoms with Gasteiger partial charge in [-0.2, -0.15) is 0 Å². The number of aromatic nitrogens is 1. The van der Waals surface area contributed by atoms with E-state index in [9.17, 15) is 9.90 Å². The molecule has 1 atom stereocenters. The third kappa shape index (κ3) is 2.41. The lowest BCUT2D eigenvalue weighted by Crippen LogP contribution is -2.16. The predicted octanol–water partition coefficient (Wildman–Crippen LogP) is 1.73. The predicted molar refractivity (Wildman–Crippen MR) is 68.9 cm³/mol. The van der Waals surface area contributed by atoms with E-state index >= 15 is 0 Å². The molecule has 1 aromatic heterocycles. The van der Waals surface area contributed by atoms with Crippen molar-refractivity contribution in [2.75, 3.05) is 11.9 Å². The van der Waals surface area contributed by atoms with Gasteiger partial charge in [-0.25, -0.2) is 9.78 Å². The molecule has 5 heteroatoms. The van der Waals surface area contributed by atoms with Crippen molar-refractivity contribution in [3.05, 3.63) is 36.0 Å². The number of aliphatic hydroxyl groups is 1. The van der Waals surface area contributed by atoms with Gasteiger partial charge in [0.1, 0.15) is 5.82 Å². The maximum absolute atomic E-state index is 11.1. The van der Waals surface area contributed by atoms with Crippen molar-refractivity contribution in [2.45, 2.75) is 13.0 Å². The van der Waals surface area contributed by atoms with E-state index in [-0.39, 0.29) is 5.56 Å². The highest BCUT2D eigenvalue weighted by Gasteiger charge is 2.10. The van der Waals surface area contributed by atoms with Crippen LogP contribution in [0.5, 0.6) is 0 Å². The zero-order valence-corrected chi connectivity index (χ0v) is 9.92. The Balaban J connectivity index is 2.50. The van der Waals surface area contributed by atoms with E-state index in [0.717, 1.165) is 5.39 Å². The van der Waals surface area contributed by atoms with Crippen LogP contribution < -0.4 is 5.32 Å². The van der Waals surface area contributed by atoms with Gasteiger partial charge in [0.25, 0.3) is 0 Å². The van der Waals surface area contributed by atoms with Crippen molar-refractivity contribution in [2.24, 2.45) is 0 Å². The van der Waals surface area contributed by atoms with Crippen molar-refractivity contribution in [1.29, 1.82) is 0 Å². The highest BCUT2D eigenvalue weighted by Crippen LogP contribution is 2.24. The Kier molecular flexibility index (Phi) is 3.43. The van der Waals surface area contributed by atoms with Crippen LogP contribution in [0.2, 0.25) is 0 Å². The van der Waals surface area contributed by atoms with Crippen molar-refractivity contribution in [1.82, 2.24) is 4.98 Å². The molecule has 2 aromatic rings.